The number of halogens is 2. The third kappa shape index (κ3) is 4.05. The first-order valence-corrected chi connectivity index (χ1v) is 8.99. The number of imidazole rings is 1. The van der Waals surface area contributed by atoms with Crippen molar-refractivity contribution >= 4 is 24.8 Å². The van der Waals surface area contributed by atoms with E-state index in [0.717, 1.165) is 56.4 Å². The number of aromatic nitrogens is 6. The number of rotatable bonds is 5. The zero-order valence-electron chi connectivity index (χ0n) is 16.0. The van der Waals surface area contributed by atoms with E-state index >= 15 is 0 Å². The minimum atomic E-state index is 0. The Labute approximate surface area is 172 Å². The van der Waals surface area contributed by atoms with Crippen LogP contribution in [0.4, 0.5) is 0 Å². The van der Waals surface area contributed by atoms with Gasteiger partial charge in [-0.3, -0.25) is 9.36 Å². The van der Waals surface area contributed by atoms with Crippen LogP contribution in [0.2, 0.25) is 0 Å². The van der Waals surface area contributed by atoms with E-state index in [1.165, 1.54) is 17.0 Å². The molecule has 27 heavy (non-hydrogen) atoms. The van der Waals surface area contributed by atoms with Gasteiger partial charge in [0.15, 0.2) is 5.82 Å². The van der Waals surface area contributed by atoms with Crippen LogP contribution in [0.3, 0.4) is 0 Å². The summed E-state index contributed by atoms with van der Waals surface area (Å²) in [6, 6.07) is 2.15. The van der Waals surface area contributed by atoms with Crippen LogP contribution in [-0.4, -0.2) is 35.7 Å². The lowest BCUT2D eigenvalue weighted by Gasteiger charge is -2.13. The molecule has 4 heterocycles. The minimum Gasteiger partial charge on any atom is -0.329 e. The molecule has 1 aliphatic heterocycles. The summed E-state index contributed by atoms with van der Waals surface area (Å²) >= 11 is 0. The Hall–Kier alpha value is -1.83. The second kappa shape index (κ2) is 8.91. The van der Waals surface area contributed by atoms with E-state index in [1.807, 2.05) is 12.4 Å². The average Bonchev–Trinajstić information content (AvgIpc) is 3.30. The highest BCUT2D eigenvalue weighted by atomic mass is 35.5. The molecule has 3 aromatic heterocycles. The van der Waals surface area contributed by atoms with Gasteiger partial charge in [-0.25, -0.2) is 4.98 Å². The molecule has 0 unspecified atom stereocenters. The molecule has 3 aromatic rings. The van der Waals surface area contributed by atoms with Gasteiger partial charge in [-0.15, -0.1) is 24.8 Å². The molecule has 9 heteroatoms. The van der Waals surface area contributed by atoms with Gasteiger partial charge in [0, 0.05) is 44.3 Å². The fraction of sp³-hybridized carbons (Fsp3) is 0.500. The first-order chi connectivity index (χ1) is 12.2. The van der Waals surface area contributed by atoms with Gasteiger partial charge in [0.1, 0.15) is 5.69 Å². The maximum absolute atomic E-state index is 4.74. The number of hydrogen-bond acceptors (Lipinski definition) is 4. The molecule has 1 aliphatic rings. The molecule has 0 atom stereocenters. The van der Waals surface area contributed by atoms with Gasteiger partial charge in [0.05, 0.1) is 17.9 Å². The lowest BCUT2D eigenvalue weighted by atomic mass is 10.1. The van der Waals surface area contributed by atoms with Crippen molar-refractivity contribution in [3.63, 3.8) is 0 Å². The Morgan fingerprint density at radius 3 is 2.70 bits per heavy atom. The number of nitrogens with zero attached hydrogens (tertiary/aromatic N) is 6. The first-order valence-electron chi connectivity index (χ1n) is 8.99. The summed E-state index contributed by atoms with van der Waals surface area (Å²) in [5.74, 6) is 0.945. The zero-order chi connectivity index (χ0) is 17.4. The Morgan fingerprint density at radius 1 is 1.19 bits per heavy atom. The molecule has 0 fully saturated rings. The normalized spacial score (nSPS) is 13.0. The summed E-state index contributed by atoms with van der Waals surface area (Å²) < 4.78 is 6.37. The summed E-state index contributed by atoms with van der Waals surface area (Å²) in [7, 11) is 0. The summed E-state index contributed by atoms with van der Waals surface area (Å²) in [4.78, 5) is 4.55. The molecule has 4 rings (SSSR count). The molecule has 0 saturated carbocycles. The Bertz CT molecular complexity index is 870. The van der Waals surface area contributed by atoms with Crippen molar-refractivity contribution in [2.45, 2.75) is 53.4 Å². The quantitative estimate of drug-likeness (QED) is 0.700. The van der Waals surface area contributed by atoms with E-state index in [9.17, 15) is 0 Å². The maximum Gasteiger partial charge on any atom is 0.160 e. The smallest absolute Gasteiger partial charge is 0.160 e. The van der Waals surface area contributed by atoms with Gasteiger partial charge >= 0.3 is 0 Å². The van der Waals surface area contributed by atoms with E-state index in [2.05, 4.69) is 56.2 Å². The highest BCUT2D eigenvalue weighted by Gasteiger charge is 2.17. The van der Waals surface area contributed by atoms with Crippen molar-refractivity contribution in [2.24, 2.45) is 0 Å². The molecular weight excluding hydrogens is 385 g/mol. The highest BCUT2D eigenvalue weighted by Crippen LogP contribution is 2.20. The monoisotopic (exact) mass is 411 g/mol. The molecule has 0 aliphatic carbocycles. The molecule has 148 valence electrons. The zero-order valence-corrected chi connectivity index (χ0v) is 17.6. The topological polar surface area (TPSA) is 65.5 Å². The lowest BCUT2D eigenvalue weighted by molar-refractivity contribution is 0.476. The Balaban J connectivity index is 0.00000131. The van der Waals surface area contributed by atoms with Crippen molar-refractivity contribution in [1.29, 1.82) is 0 Å². The van der Waals surface area contributed by atoms with Crippen LogP contribution in [-0.2, 0) is 32.6 Å². The molecule has 0 amide bonds. The molecule has 1 N–H and O–H groups in total. The van der Waals surface area contributed by atoms with Crippen molar-refractivity contribution in [1.82, 2.24) is 34.4 Å². The summed E-state index contributed by atoms with van der Waals surface area (Å²) in [6.45, 7) is 11.0. The predicted molar refractivity (Wildman–Crippen MR) is 111 cm³/mol. The fourth-order valence-electron chi connectivity index (χ4n) is 3.66. The van der Waals surface area contributed by atoms with Gasteiger partial charge in [0.2, 0.25) is 0 Å². The van der Waals surface area contributed by atoms with Gasteiger partial charge in [0.25, 0.3) is 0 Å². The van der Waals surface area contributed by atoms with Crippen LogP contribution in [0.1, 0.15) is 29.6 Å². The summed E-state index contributed by atoms with van der Waals surface area (Å²) in [5, 5.41) is 12.7. The van der Waals surface area contributed by atoms with Gasteiger partial charge in [-0.2, -0.15) is 10.2 Å². The fourth-order valence-corrected chi connectivity index (χ4v) is 3.66. The SMILES string of the molecule is CCn1nc(C)c(CCn2ccnc2-c2cc3n(n2)CCNC3)c1C.Cl.Cl. The van der Waals surface area contributed by atoms with E-state index in [0.29, 0.717) is 0 Å². The molecule has 0 saturated heterocycles. The van der Waals surface area contributed by atoms with E-state index in [1.54, 1.807) is 0 Å². The Kier molecular flexibility index (Phi) is 7.08. The third-order valence-electron chi connectivity index (χ3n) is 5.05. The van der Waals surface area contributed by atoms with Crippen LogP contribution in [0.5, 0.6) is 0 Å². The van der Waals surface area contributed by atoms with Crippen molar-refractivity contribution in [3.05, 3.63) is 41.1 Å². The number of fused-ring (bicyclic) bond motifs is 1. The molecule has 0 bridgehead atoms. The van der Waals surface area contributed by atoms with Crippen LogP contribution < -0.4 is 5.32 Å². The standard InChI is InChI=1S/C18H25N7.2ClH/c1-4-24-14(3)16(13(2)21-24)5-8-23-9-7-20-18(23)17-11-15-12-19-6-10-25(15)22-17;;/h7,9,11,19H,4-6,8,10,12H2,1-3H3;2*1H. The molecule has 0 aromatic carbocycles. The van der Waals surface area contributed by atoms with Crippen LogP contribution >= 0.6 is 24.8 Å². The molecule has 0 spiro atoms. The minimum absolute atomic E-state index is 0. The average molecular weight is 412 g/mol. The number of aryl methyl sites for hydroxylation is 3. The third-order valence-corrected chi connectivity index (χ3v) is 5.05. The largest absolute Gasteiger partial charge is 0.329 e. The number of hydrogen-bond donors (Lipinski definition) is 1. The predicted octanol–water partition coefficient (Wildman–Crippen LogP) is 2.77. The van der Waals surface area contributed by atoms with E-state index in [-0.39, 0.29) is 24.8 Å². The van der Waals surface area contributed by atoms with Crippen molar-refractivity contribution < 1.29 is 0 Å². The van der Waals surface area contributed by atoms with Gasteiger partial charge in [-0.1, -0.05) is 0 Å². The Morgan fingerprint density at radius 2 is 2.00 bits per heavy atom. The van der Waals surface area contributed by atoms with Gasteiger partial charge in [-0.05, 0) is 38.8 Å². The first kappa shape index (κ1) is 21.5. The van der Waals surface area contributed by atoms with E-state index in [4.69, 9.17) is 5.10 Å². The van der Waals surface area contributed by atoms with Crippen LogP contribution in [0.25, 0.3) is 11.5 Å². The van der Waals surface area contributed by atoms with Crippen LogP contribution in [0, 0.1) is 13.8 Å². The second-order valence-corrected chi connectivity index (χ2v) is 6.58. The summed E-state index contributed by atoms with van der Waals surface area (Å²) in [6.07, 6.45) is 4.86. The van der Waals surface area contributed by atoms with E-state index < -0.39 is 0 Å². The van der Waals surface area contributed by atoms with Gasteiger partial charge < -0.3 is 9.88 Å². The molecular formula is C18H27Cl2N7. The highest BCUT2D eigenvalue weighted by molar-refractivity contribution is 5.85. The number of nitrogens with one attached hydrogen (secondary N) is 1. The summed E-state index contributed by atoms with van der Waals surface area (Å²) in [5.41, 5.74) is 5.93. The molecule has 7 nitrogen and oxygen atoms in total. The lowest BCUT2D eigenvalue weighted by Crippen LogP contribution is -2.28. The van der Waals surface area contributed by atoms with Crippen LogP contribution in [0.15, 0.2) is 18.5 Å². The second-order valence-electron chi connectivity index (χ2n) is 6.58. The maximum atomic E-state index is 4.74. The van der Waals surface area contributed by atoms with Crippen molar-refractivity contribution in [2.75, 3.05) is 6.54 Å². The van der Waals surface area contributed by atoms with Crippen molar-refractivity contribution in [3.8, 4) is 11.5 Å². The molecule has 0 radical (unpaired) electrons.